The summed E-state index contributed by atoms with van der Waals surface area (Å²) in [4.78, 5) is 12.4. The molecule has 154 valence electrons. The summed E-state index contributed by atoms with van der Waals surface area (Å²) in [6.07, 6.45) is 2.35. The number of sulfonamides is 1. The van der Waals surface area contributed by atoms with E-state index in [1.165, 1.54) is 22.5 Å². The average molecular weight is 426 g/mol. The molecule has 29 heavy (non-hydrogen) atoms. The third kappa shape index (κ3) is 3.58. The zero-order valence-electron chi connectivity index (χ0n) is 15.1. The van der Waals surface area contributed by atoms with Gasteiger partial charge in [-0.25, -0.2) is 21.6 Å². The molecule has 0 radical (unpaired) electrons. The number of carbonyl (C=O) groups is 1. The lowest BCUT2D eigenvalue weighted by molar-refractivity contribution is 0.102. The maximum Gasteiger partial charge on any atom is 0.255 e. The van der Waals surface area contributed by atoms with Crippen molar-refractivity contribution in [2.24, 2.45) is 0 Å². The molecule has 1 amide bonds. The van der Waals surface area contributed by atoms with E-state index < -0.39 is 33.4 Å². The minimum Gasteiger partial charge on any atom is -0.490 e. The maximum atomic E-state index is 13.4. The molecule has 2 aromatic carbocycles. The number of piperidine rings is 1. The Balaban J connectivity index is 1.66. The van der Waals surface area contributed by atoms with Gasteiger partial charge in [-0.15, -0.1) is 0 Å². The van der Waals surface area contributed by atoms with E-state index in [9.17, 15) is 26.4 Å². The number of hydrogen-bond donors (Lipinski definition) is 1. The first-order valence-corrected chi connectivity index (χ1v) is 10.5. The number of benzene rings is 2. The number of nitrogens with zero attached hydrogens (tertiary/aromatic N) is 1. The molecular formula is C19H17F3N2O4S. The molecule has 0 bridgehead atoms. The lowest BCUT2D eigenvalue weighted by Gasteiger charge is -2.31. The molecule has 2 aliphatic heterocycles. The number of ether oxygens (including phenoxy) is 1. The molecule has 1 N–H and O–H groups in total. The molecule has 1 saturated heterocycles. The quantitative estimate of drug-likeness (QED) is 0.748. The summed E-state index contributed by atoms with van der Waals surface area (Å²) >= 11 is 0. The van der Waals surface area contributed by atoms with Crippen LogP contribution in [0.5, 0.6) is 5.75 Å². The second kappa shape index (κ2) is 7.34. The van der Waals surface area contributed by atoms with Crippen LogP contribution in [0.3, 0.4) is 0 Å². The first-order chi connectivity index (χ1) is 13.8. The minimum absolute atomic E-state index is 0.0449. The number of carbonyl (C=O) groups excluding carboxylic acids is 1. The second-order valence-electron chi connectivity index (χ2n) is 6.95. The molecule has 0 unspecified atom stereocenters. The lowest BCUT2D eigenvalue weighted by Crippen LogP contribution is -2.44. The normalized spacial score (nSPS) is 20.7. The number of fused-ring (bicyclic) bond motifs is 2. The van der Waals surface area contributed by atoms with Crippen LogP contribution >= 0.6 is 0 Å². The highest BCUT2D eigenvalue weighted by molar-refractivity contribution is 7.89. The van der Waals surface area contributed by atoms with Crippen molar-refractivity contribution >= 4 is 21.6 Å². The van der Waals surface area contributed by atoms with Crippen LogP contribution in [0.2, 0.25) is 0 Å². The van der Waals surface area contributed by atoms with Gasteiger partial charge in [0, 0.05) is 29.9 Å². The molecule has 0 aliphatic carbocycles. The van der Waals surface area contributed by atoms with Gasteiger partial charge in [-0.3, -0.25) is 4.79 Å². The predicted octanol–water partition coefficient (Wildman–Crippen LogP) is 3.29. The first kappa shape index (κ1) is 19.7. The fourth-order valence-corrected chi connectivity index (χ4v) is 5.41. The van der Waals surface area contributed by atoms with Crippen molar-refractivity contribution in [1.82, 2.24) is 4.31 Å². The topological polar surface area (TPSA) is 75.7 Å². The molecule has 2 aromatic rings. The Morgan fingerprint density at radius 2 is 1.83 bits per heavy atom. The fraction of sp³-hybridized carbons (Fsp3) is 0.316. The molecule has 1 fully saturated rings. The summed E-state index contributed by atoms with van der Waals surface area (Å²) in [6, 6.07) is 4.92. The molecule has 1 atom stereocenters. The first-order valence-electron chi connectivity index (χ1n) is 9.02. The highest BCUT2D eigenvalue weighted by atomic mass is 32.2. The van der Waals surface area contributed by atoms with Crippen LogP contribution in [0.1, 0.15) is 29.6 Å². The van der Waals surface area contributed by atoms with E-state index in [0.29, 0.717) is 25.1 Å². The van der Waals surface area contributed by atoms with Crippen molar-refractivity contribution in [2.75, 3.05) is 18.5 Å². The van der Waals surface area contributed by atoms with Gasteiger partial charge in [0.15, 0.2) is 17.5 Å². The van der Waals surface area contributed by atoms with Crippen LogP contribution in [-0.4, -0.2) is 37.8 Å². The Morgan fingerprint density at radius 1 is 1.10 bits per heavy atom. The van der Waals surface area contributed by atoms with Crippen LogP contribution in [-0.2, 0) is 10.0 Å². The summed E-state index contributed by atoms with van der Waals surface area (Å²) < 4.78 is 73.0. The van der Waals surface area contributed by atoms with Gasteiger partial charge in [0.1, 0.15) is 17.3 Å². The largest absolute Gasteiger partial charge is 0.490 e. The molecular weight excluding hydrogens is 409 g/mol. The highest BCUT2D eigenvalue weighted by Gasteiger charge is 2.38. The summed E-state index contributed by atoms with van der Waals surface area (Å²) in [5.74, 6) is -5.20. The van der Waals surface area contributed by atoms with Gasteiger partial charge in [0.05, 0.1) is 6.04 Å². The molecule has 2 aliphatic rings. The number of amides is 1. The van der Waals surface area contributed by atoms with Crippen molar-refractivity contribution in [3.05, 3.63) is 53.3 Å². The van der Waals surface area contributed by atoms with Crippen LogP contribution in [0.4, 0.5) is 18.9 Å². The Morgan fingerprint density at radius 3 is 2.55 bits per heavy atom. The standard InChI is InChI=1S/C19H17F3N2O4S/c20-14-8-12(9-15(21)18(14)22)23-19(25)11-4-5-16-17(7-11)29(26,27)24-6-2-1-3-13(24)10-28-16/h4-5,7-9,13H,1-3,6,10H2,(H,23,25)/t13-/m1/s1. The van der Waals surface area contributed by atoms with Gasteiger partial charge in [0.25, 0.3) is 5.91 Å². The Kier molecular flexibility index (Phi) is 4.99. The molecule has 4 rings (SSSR count). The predicted molar refractivity (Wildman–Crippen MR) is 97.7 cm³/mol. The number of nitrogens with one attached hydrogen (secondary N) is 1. The molecule has 0 spiro atoms. The van der Waals surface area contributed by atoms with Crippen molar-refractivity contribution in [2.45, 2.75) is 30.2 Å². The maximum absolute atomic E-state index is 13.4. The summed E-state index contributed by atoms with van der Waals surface area (Å²) in [7, 11) is -3.87. The van der Waals surface area contributed by atoms with Gasteiger partial charge in [-0.2, -0.15) is 4.31 Å². The van der Waals surface area contributed by atoms with Crippen molar-refractivity contribution in [3.63, 3.8) is 0 Å². The van der Waals surface area contributed by atoms with Crippen molar-refractivity contribution < 1.29 is 31.1 Å². The van der Waals surface area contributed by atoms with Gasteiger partial charge >= 0.3 is 0 Å². The molecule has 0 saturated carbocycles. The van der Waals surface area contributed by atoms with Crippen molar-refractivity contribution in [1.29, 1.82) is 0 Å². The lowest BCUT2D eigenvalue weighted by atomic mass is 10.1. The fourth-order valence-electron chi connectivity index (χ4n) is 3.57. The van der Waals surface area contributed by atoms with Crippen LogP contribution < -0.4 is 10.1 Å². The van der Waals surface area contributed by atoms with Gasteiger partial charge in [-0.1, -0.05) is 6.42 Å². The summed E-state index contributed by atoms with van der Waals surface area (Å²) in [6.45, 7) is 0.603. The zero-order chi connectivity index (χ0) is 20.8. The SMILES string of the molecule is O=C(Nc1cc(F)c(F)c(F)c1)c1ccc2c(c1)S(=O)(=O)N1CCCC[C@@H]1CO2. The van der Waals surface area contributed by atoms with E-state index in [-0.39, 0.29) is 34.5 Å². The Hall–Kier alpha value is -2.59. The summed E-state index contributed by atoms with van der Waals surface area (Å²) in [5, 5.41) is 2.24. The van der Waals surface area contributed by atoms with E-state index in [0.717, 1.165) is 12.8 Å². The van der Waals surface area contributed by atoms with Crippen LogP contribution in [0, 0.1) is 17.5 Å². The van der Waals surface area contributed by atoms with Gasteiger partial charge in [0.2, 0.25) is 10.0 Å². The third-order valence-electron chi connectivity index (χ3n) is 5.04. The van der Waals surface area contributed by atoms with Crippen LogP contribution in [0.25, 0.3) is 0 Å². The van der Waals surface area contributed by atoms with E-state index >= 15 is 0 Å². The zero-order valence-corrected chi connectivity index (χ0v) is 15.9. The van der Waals surface area contributed by atoms with E-state index in [2.05, 4.69) is 5.32 Å². The number of hydrogen-bond acceptors (Lipinski definition) is 4. The smallest absolute Gasteiger partial charge is 0.255 e. The highest BCUT2D eigenvalue weighted by Crippen LogP contribution is 2.35. The van der Waals surface area contributed by atoms with Crippen LogP contribution in [0.15, 0.2) is 35.2 Å². The van der Waals surface area contributed by atoms with E-state index in [4.69, 9.17) is 4.74 Å². The van der Waals surface area contributed by atoms with E-state index in [1.807, 2.05) is 0 Å². The number of rotatable bonds is 2. The van der Waals surface area contributed by atoms with Crippen molar-refractivity contribution in [3.8, 4) is 5.75 Å². The minimum atomic E-state index is -3.87. The van der Waals surface area contributed by atoms with Gasteiger partial charge < -0.3 is 10.1 Å². The molecule has 10 heteroatoms. The third-order valence-corrected chi connectivity index (χ3v) is 7.01. The molecule has 6 nitrogen and oxygen atoms in total. The van der Waals surface area contributed by atoms with Gasteiger partial charge in [-0.05, 0) is 31.0 Å². The molecule has 0 aromatic heterocycles. The molecule has 2 heterocycles. The Labute approximate surface area is 165 Å². The number of anilines is 1. The monoisotopic (exact) mass is 426 g/mol. The number of halogens is 3. The van der Waals surface area contributed by atoms with E-state index in [1.54, 1.807) is 0 Å². The average Bonchev–Trinajstić information content (AvgIpc) is 2.80. The summed E-state index contributed by atoms with van der Waals surface area (Å²) in [5.41, 5.74) is -0.340. The second-order valence-corrected chi connectivity index (χ2v) is 8.80. The Bertz CT molecular complexity index is 1070.